The molecule has 0 aliphatic carbocycles. The number of pyridine rings is 1. The standard InChI is InChI=1S/C16H15N3O2/c17-9-13-4-5-14(10-18-13)19-6-7-21-16(11-19)12-2-1-3-15(20)8-12/h1-5,8,10,16,20H,6-7,11H2. The third kappa shape index (κ3) is 2.96. The van der Waals surface area contributed by atoms with Crippen molar-refractivity contribution in [1.29, 1.82) is 5.26 Å². The Morgan fingerprint density at radius 1 is 1.33 bits per heavy atom. The van der Waals surface area contributed by atoms with Crippen LogP contribution < -0.4 is 4.90 Å². The molecular formula is C16H15N3O2. The summed E-state index contributed by atoms with van der Waals surface area (Å²) in [6.45, 7) is 2.08. The minimum Gasteiger partial charge on any atom is -0.508 e. The zero-order chi connectivity index (χ0) is 14.7. The van der Waals surface area contributed by atoms with E-state index in [0.717, 1.165) is 17.8 Å². The highest BCUT2D eigenvalue weighted by Gasteiger charge is 2.22. The first-order valence-electron chi connectivity index (χ1n) is 6.78. The molecule has 106 valence electrons. The van der Waals surface area contributed by atoms with Gasteiger partial charge in [-0.15, -0.1) is 0 Å². The Kier molecular flexibility index (Phi) is 3.71. The highest BCUT2D eigenvalue weighted by atomic mass is 16.5. The Labute approximate surface area is 123 Å². The molecule has 1 fully saturated rings. The molecule has 0 bridgehead atoms. The third-order valence-corrected chi connectivity index (χ3v) is 3.54. The van der Waals surface area contributed by atoms with Crippen LogP contribution in [0.3, 0.4) is 0 Å². The highest BCUT2D eigenvalue weighted by Crippen LogP contribution is 2.27. The van der Waals surface area contributed by atoms with Crippen molar-refractivity contribution in [3.8, 4) is 11.8 Å². The smallest absolute Gasteiger partial charge is 0.140 e. The first kappa shape index (κ1) is 13.4. The Balaban J connectivity index is 1.77. The first-order valence-corrected chi connectivity index (χ1v) is 6.78. The molecule has 2 aromatic rings. The molecule has 1 aliphatic heterocycles. The van der Waals surface area contributed by atoms with E-state index >= 15 is 0 Å². The zero-order valence-electron chi connectivity index (χ0n) is 11.4. The van der Waals surface area contributed by atoms with Gasteiger partial charge in [-0.2, -0.15) is 5.26 Å². The van der Waals surface area contributed by atoms with Gasteiger partial charge in [0.1, 0.15) is 23.6 Å². The summed E-state index contributed by atoms with van der Waals surface area (Å²) in [7, 11) is 0. The van der Waals surface area contributed by atoms with Crippen molar-refractivity contribution in [3.63, 3.8) is 0 Å². The number of hydrogen-bond donors (Lipinski definition) is 1. The van der Waals surface area contributed by atoms with E-state index in [2.05, 4.69) is 9.88 Å². The summed E-state index contributed by atoms with van der Waals surface area (Å²) in [5.74, 6) is 0.244. The van der Waals surface area contributed by atoms with Crippen molar-refractivity contribution in [3.05, 3.63) is 53.9 Å². The Hall–Kier alpha value is -2.58. The Bertz CT molecular complexity index is 664. The number of rotatable bonds is 2. The monoisotopic (exact) mass is 281 g/mol. The second kappa shape index (κ2) is 5.81. The highest BCUT2D eigenvalue weighted by molar-refractivity contribution is 5.47. The van der Waals surface area contributed by atoms with Crippen molar-refractivity contribution in [2.24, 2.45) is 0 Å². The fraction of sp³-hybridized carbons (Fsp3) is 0.250. The fourth-order valence-corrected chi connectivity index (χ4v) is 2.45. The number of aromatic hydroxyl groups is 1. The number of anilines is 1. The molecule has 5 nitrogen and oxygen atoms in total. The molecular weight excluding hydrogens is 266 g/mol. The van der Waals surface area contributed by atoms with Crippen LogP contribution in [0.2, 0.25) is 0 Å². The molecule has 0 radical (unpaired) electrons. The van der Waals surface area contributed by atoms with Crippen molar-refractivity contribution in [2.75, 3.05) is 24.6 Å². The molecule has 1 unspecified atom stereocenters. The quantitative estimate of drug-likeness (QED) is 0.914. The van der Waals surface area contributed by atoms with Gasteiger partial charge in [0.05, 0.1) is 18.5 Å². The number of phenols is 1. The van der Waals surface area contributed by atoms with E-state index in [-0.39, 0.29) is 11.9 Å². The van der Waals surface area contributed by atoms with Gasteiger partial charge in [-0.05, 0) is 29.8 Å². The summed E-state index contributed by atoms with van der Waals surface area (Å²) < 4.78 is 5.79. The van der Waals surface area contributed by atoms with Crippen molar-refractivity contribution < 1.29 is 9.84 Å². The van der Waals surface area contributed by atoms with Crippen LogP contribution in [0.25, 0.3) is 0 Å². The van der Waals surface area contributed by atoms with E-state index < -0.39 is 0 Å². The minimum atomic E-state index is -0.0820. The molecule has 1 atom stereocenters. The van der Waals surface area contributed by atoms with E-state index in [0.29, 0.717) is 18.8 Å². The molecule has 0 amide bonds. The van der Waals surface area contributed by atoms with E-state index in [9.17, 15) is 5.11 Å². The number of ether oxygens (including phenoxy) is 1. The van der Waals surface area contributed by atoms with Crippen LogP contribution in [0, 0.1) is 11.3 Å². The SMILES string of the molecule is N#Cc1ccc(N2CCOC(c3cccc(O)c3)C2)cn1. The lowest BCUT2D eigenvalue weighted by Gasteiger charge is -2.34. The van der Waals surface area contributed by atoms with Gasteiger partial charge in [0.2, 0.25) is 0 Å². The van der Waals surface area contributed by atoms with Crippen LogP contribution in [-0.4, -0.2) is 29.8 Å². The van der Waals surface area contributed by atoms with E-state index in [1.807, 2.05) is 24.3 Å². The molecule has 2 heterocycles. The summed E-state index contributed by atoms with van der Waals surface area (Å²) in [5, 5.41) is 18.4. The zero-order valence-corrected chi connectivity index (χ0v) is 11.4. The van der Waals surface area contributed by atoms with Gasteiger partial charge >= 0.3 is 0 Å². The number of phenolic OH excluding ortho intramolecular Hbond substituents is 1. The van der Waals surface area contributed by atoms with Crippen LogP contribution in [0.15, 0.2) is 42.6 Å². The van der Waals surface area contributed by atoms with Gasteiger partial charge in [0.15, 0.2) is 0 Å². The van der Waals surface area contributed by atoms with Crippen molar-refractivity contribution in [1.82, 2.24) is 4.98 Å². The summed E-state index contributed by atoms with van der Waals surface area (Å²) in [4.78, 5) is 6.27. The van der Waals surface area contributed by atoms with Crippen LogP contribution in [0.1, 0.15) is 17.4 Å². The Morgan fingerprint density at radius 2 is 2.24 bits per heavy atom. The minimum absolute atomic E-state index is 0.0820. The van der Waals surface area contributed by atoms with Gasteiger partial charge in [0, 0.05) is 13.1 Å². The first-order chi connectivity index (χ1) is 10.3. The average Bonchev–Trinajstić information content (AvgIpc) is 2.55. The van der Waals surface area contributed by atoms with E-state index in [1.54, 1.807) is 24.4 Å². The molecule has 5 heteroatoms. The van der Waals surface area contributed by atoms with Gasteiger partial charge < -0.3 is 14.7 Å². The molecule has 0 saturated carbocycles. The lowest BCUT2D eigenvalue weighted by Crippen LogP contribution is -2.38. The van der Waals surface area contributed by atoms with Gasteiger partial charge in [-0.25, -0.2) is 4.98 Å². The molecule has 0 spiro atoms. The second-order valence-corrected chi connectivity index (χ2v) is 4.91. The summed E-state index contributed by atoms with van der Waals surface area (Å²) >= 11 is 0. The second-order valence-electron chi connectivity index (χ2n) is 4.91. The lowest BCUT2D eigenvalue weighted by molar-refractivity contribution is 0.0396. The number of nitrogens with zero attached hydrogens (tertiary/aromatic N) is 3. The van der Waals surface area contributed by atoms with E-state index in [1.165, 1.54) is 0 Å². The summed E-state index contributed by atoms with van der Waals surface area (Å²) in [6.07, 6.45) is 1.63. The Morgan fingerprint density at radius 3 is 2.95 bits per heavy atom. The molecule has 1 saturated heterocycles. The fourth-order valence-electron chi connectivity index (χ4n) is 2.45. The molecule has 3 rings (SSSR count). The predicted octanol–water partition coefficient (Wildman–Crippen LogP) is 2.24. The summed E-state index contributed by atoms with van der Waals surface area (Å²) in [5.41, 5.74) is 2.35. The van der Waals surface area contributed by atoms with Crippen LogP contribution in [0.5, 0.6) is 5.75 Å². The number of hydrogen-bond acceptors (Lipinski definition) is 5. The van der Waals surface area contributed by atoms with Gasteiger partial charge in [0.25, 0.3) is 0 Å². The van der Waals surface area contributed by atoms with Crippen LogP contribution in [-0.2, 0) is 4.74 Å². The molecule has 1 N–H and O–H groups in total. The van der Waals surface area contributed by atoms with Crippen LogP contribution in [0.4, 0.5) is 5.69 Å². The maximum absolute atomic E-state index is 9.57. The number of morpholine rings is 1. The third-order valence-electron chi connectivity index (χ3n) is 3.54. The maximum Gasteiger partial charge on any atom is 0.140 e. The predicted molar refractivity (Wildman–Crippen MR) is 78.0 cm³/mol. The normalized spacial score (nSPS) is 18.2. The molecule has 1 aliphatic rings. The van der Waals surface area contributed by atoms with Crippen molar-refractivity contribution >= 4 is 5.69 Å². The molecule has 1 aromatic carbocycles. The largest absolute Gasteiger partial charge is 0.508 e. The van der Waals surface area contributed by atoms with Crippen LogP contribution >= 0.6 is 0 Å². The maximum atomic E-state index is 9.57. The topological polar surface area (TPSA) is 69.4 Å². The van der Waals surface area contributed by atoms with Crippen molar-refractivity contribution in [2.45, 2.75) is 6.10 Å². The van der Waals surface area contributed by atoms with Gasteiger partial charge in [-0.1, -0.05) is 12.1 Å². The number of aromatic nitrogens is 1. The molecule has 1 aromatic heterocycles. The molecule has 21 heavy (non-hydrogen) atoms. The number of benzene rings is 1. The summed E-state index contributed by atoms with van der Waals surface area (Å²) in [6, 6.07) is 12.8. The average molecular weight is 281 g/mol. The lowest BCUT2D eigenvalue weighted by atomic mass is 10.1. The van der Waals surface area contributed by atoms with Gasteiger partial charge in [-0.3, -0.25) is 0 Å². The van der Waals surface area contributed by atoms with E-state index in [4.69, 9.17) is 10.00 Å². The number of nitriles is 1.